The van der Waals surface area contributed by atoms with E-state index in [1.165, 1.54) is 0 Å². The summed E-state index contributed by atoms with van der Waals surface area (Å²) in [6, 6.07) is 0. The number of piperidine rings is 1. The largest absolute Gasteiger partial charge is 0.368 e. The first-order chi connectivity index (χ1) is 6.97. The molecule has 1 heterocycles. The van der Waals surface area contributed by atoms with Gasteiger partial charge in [-0.1, -0.05) is 0 Å². The maximum absolute atomic E-state index is 11.4. The first kappa shape index (κ1) is 12.5. The van der Waals surface area contributed by atoms with Crippen LogP contribution in [0.25, 0.3) is 0 Å². The molecule has 88 valence electrons. The minimum Gasteiger partial charge on any atom is -0.368 e. The van der Waals surface area contributed by atoms with E-state index in [2.05, 4.69) is 10.6 Å². The summed E-state index contributed by atoms with van der Waals surface area (Å²) in [4.78, 5) is 11.4. The smallest absolute Gasteiger partial charge is 0.246 e. The molecule has 1 aliphatic heterocycles. The molecule has 0 saturated carbocycles. The molecule has 1 fully saturated rings. The van der Waals surface area contributed by atoms with E-state index < -0.39 is 0 Å². The van der Waals surface area contributed by atoms with E-state index in [0.29, 0.717) is 0 Å². The highest BCUT2D eigenvalue weighted by molar-refractivity contribution is 5.77. The van der Waals surface area contributed by atoms with Gasteiger partial charge in [-0.05, 0) is 46.7 Å². The van der Waals surface area contributed by atoms with Crippen molar-refractivity contribution in [3.05, 3.63) is 0 Å². The summed E-state index contributed by atoms with van der Waals surface area (Å²) >= 11 is 0. The molecule has 0 aromatic rings. The van der Waals surface area contributed by atoms with Crippen LogP contribution in [0.15, 0.2) is 0 Å². The number of nitrogens with one attached hydrogen (secondary N) is 2. The zero-order valence-electron chi connectivity index (χ0n) is 9.93. The molecule has 0 aliphatic carbocycles. The third kappa shape index (κ3) is 5.74. The van der Waals surface area contributed by atoms with Crippen molar-refractivity contribution in [2.45, 2.75) is 45.3 Å². The Morgan fingerprint density at radius 3 is 2.53 bits per heavy atom. The van der Waals surface area contributed by atoms with E-state index in [1.807, 2.05) is 20.8 Å². The average molecular weight is 214 g/mol. The molecular weight excluding hydrogens is 192 g/mol. The van der Waals surface area contributed by atoms with Gasteiger partial charge in [0.15, 0.2) is 0 Å². The minimum absolute atomic E-state index is 0.0268. The molecule has 1 amide bonds. The summed E-state index contributed by atoms with van der Waals surface area (Å²) in [5, 5.41) is 6.14. The van der Waals surface area contributed by atoms with Gasteiger partial charge in [-0.15, -0.1) is 0 Å². The van der Waals surface area contributed by atoms with Crippen molar-refractivity contribution in [3.8, 4) is 0 Å². The van der Waals surface area contributed by atoms with E-state index in [4.69, 9.17) is 4.74 Å². The topological polar surface area (TPSA) is 50.4 Å². The second kappa shape index (κ2) is 5.47. The Morgan fingerprint density at radius 2 is 2.00 bits per heavy atom. The molecule has 0 bridgehead atoms. The SMILES string of the molecule is CC(C)(C)NC(=O)COC1CCNCC1. The van der Waals surface area contributed by atoms with Crippen LogP contribution in [-0.2, 0) is 9.53 Å². The maximum atomic E-state index is 11.4. The van der Waals surface area contributed by atoms with Crippen LogP contribution in [-0.4, -0.2) is 37.2 Å². The van der Waals surface area contributed by atoms with E-state index >= 15 is 0 Å². The molecule has 15 heavy (non-hydrogen) atoms. The predicted molar refractivity (Wildman–Crippen MR) is 59.7 cm³/mol. The fourth-order valence-electron chi connectivity index (χ4n) is 1.61. The Labute approximate surface area is 91.8 Å². The minimum atomic E-state index is -0.172. The highest BCUT2D eigenvalue weighted by Gasteiger charge is 2.17. The monoisotopic (exact) mass is 214 g/mol. The Kier molecular flexibility index (Phi) is 4.54. The predicted octanol–water partition coefficient (Wildman–Crippen LogP) is 0.670. The van der Waals surface area contributed by atoms with Gasteiger partial charge in [-0.25, -0.2) is 0 Å². The second-order valence-electron chi connectivity index (χ2n) is 5.06. The van der Waals surface area contributed by atoms with Crippen LogP contribution in [0.4, 0.5) is 0 Å². The second-order valence-corrected chi connectivity index (χ2v) is 5.06. The highest BCUT2D eigenvalue weighted by Crippen LogP contribution is 2.07. The number of carbonyl (C=O) groups excluding carboxylic acids is 1. The fourth-order valence-corrected chi connectivity index (χ4v) is 1.61. The van der Waals surface area contributed by atoms with Gasteiger partial charge in [-0.3, -0.25) is 4.79 Å². The third-order valence-electron chi connectivity index (χ3n) is 2.25. The molecule has 0 radical (unpaired) electrons. The van der Waals surface area contributed by atoms with Crippen LogP contribution >= 0.6 is 0 Å². The Hall–Kier alpha value is -0.610. The number of rotatable bonds is 3. The van der Waals surface area contributed by atoms with Gasteiger partial charge in [0.1, 0.15) is 6.61 Å². The van der Waals surface area contributed by atoms with Crippen molar-refractivity contribution in [1.29, 1.82) is 0 Å². The lowest BCUT2D eigenvalue weighted by molar-refractivity contribution is -0.129. The molecule has 0 aromatic heterocycles. The standard InChI is InChI=1S/C11H22N2O2/c1-11(2,3)13-10(14)8-15-9-4-6-12-7-5-9/h9,12H,4-8H2,1-3H3,(H,13,14). The Bertz CT molecular complexity index is 205. The van der Waals surface area contributed by atoms with Crippen molar-refractivity contribution in [2.24, 2.45) is 0 Å². The molecule has 1 saturated heterocycles. The molecule has 4 heteroatoms. The summed E-state index contributed by atoms with van der Waals surface area (Å²) in [6.45, 7) is 8.07. The Balaban J connectivity index is 2.15. The maximum Gasteiger partial charge on any atom is 0.246 e. The number of amides is 1. The number of carbonyl (C=O) groups is 1. The lowest BCUT2D eigenvalue weighted by atomic mass is 10.1. The molecule has 0 atom stereocenters. The van der Waals surface area contributed by atoms with Crippen LogP contribution in [0.1, 0.15) is 33.6 Å². The van der Waals surface area contributed by atoms with E-state index in [1.54, 1.807) is 0 Å². The van der Waals surface area contributed by atoms with Crippen molar-refractivity contribution in [1.82, 2.24) is 10.6 Å². The van der Waals surface area contributed by atoms with E-state index in [-0.39, 0.29) is 24.2 Å². The molecule has 1 aliphatic rings. The zero-order chi connectivity index (χ0) is 11.3. The normalized spacial score (nSPS) is 18.9. The summed E-state index contributed by atoms with van der Waals surface area (Å²) < 4.78 is 5.54. The average Bonchev–Trinajstić information content (AvgIpc) is 2.14. The number of hydrogen-bond donors (Lipinski definition) is 2. The van der Waals surface area contributed by atoms with E-state index in [9.17, 15) is 4.79 Å². The van der Waals surface area contributed by atoms with Gasteiger partial charge in [0, 0.05) is 5.54 Å². The fraction of sp³-hybridized carbons (Fsp3) is 0.909. The van der Waals surface area contributed by atoms with Crippen LogP contribution < -0.4 is 10.6 Å². The third-order valence-corrected chi connectivity index (χ3v) is 2.25. The van der Waals surface area contributed by atoms with Gasteiger partial charge in [-0.2, -0.15) is 0 Å². The van der Waals surface area contributed by atoms with Crippen LogP contribution in [0.2, 0.25) is 0 Å². The van der Waals surface area contributed by atoms with Crippen molar-refractivity contribution < 1.29 is 9.53 Å². The van der Waals surface area contributed by atoms with Crippen LogP contribution in [0.3, 0.4) is 0 Å². The van der Waals surface area contributed by atoms with Crippen LogP contribution in [0.5, 0.6) is 0 Å². The molecule has 0 spiro atoms. The summed E-state index contributed by atoms with van der Waals surface area (Å²) in [7, 11) is 0. The number of hydrogen-bond acceptors (Lipinski definition) is 3. The lowest BCUT2D eigenvalue weighted by Gasteiger charge is -2.24. The highest BCUT2D eigenvalue weighted by atomic mass is 16.5. The molecule has 0 unspecified atom stereocenters. The summed E-state index contributed by atoms with van der Waals surface area (Å²) in [6.07, 6.45) is 2.25. The first-order valence-electron chi connectivity index (χ1n) is 5.61. The van der Waals surface area contributed by atoms with Crippen molar-refractivity contribution in [3.63, 3.8) is 0 Å². The number of ether oxygens (including phenoxy) is 1. The van der Waals surface area contributed by atoms with Gasteiger partial charge in [0.05, 0.1) is 6.10 Å². The first-order valence-corrected chi connectivity index (χ1v) is 5.61. The molecule has 4 nitrogen and oxygen atoms in total. The van der Waals surface area contributed by atoms with Gasteiger partial charge < -0.3 is 15.4 Å². The quantitative estimate of drug-likeness (QED) is 0.726. The molecule has 2 N–H and O–H groups in total. The molecular formula is C11H22N2O2. The molecule has 0 aromatic carbocycles. The zero-order valence-corrected chi connectivity index (χ0v) is 9.93. The van der Waals surface area contributed by atoms with Crippen molar-refractivity contribution in [2.75, 3.05) is 19.7 Å². The van der Waals surface area contributed by atoms with Gasteiger partial charge in [0.25, 0.3) is 0 Å². The summed E-state index contributed by atoms with van der Waals surface area (Å²) in [5.41, 5.74) is -0.172. The van der Waals surface area contributed by atoms with Gasteiger partial charge >= 0.3 is 0 Å². The summed E-state index contributed by atoms with van der Waals surface area (Å²) in [5.74, 6) is -0.0268. The van der Waals surface area contributed by atoms with E-state index in [0.717, 1.165) is 25.9 Å². The molecule has 1 rings (SSSR count). The van der Waals surface area contributed by atoms with Crippen molar-refractivity contribution >= 4 is 5.91 Å². The van der Waals surface area contributed by atoms with Gasteiger partial charge in [0.2, 0.25) is 5.91 Å². The Morgan fingerprint density at radius 1 is 1.40 bits per heavy atom. The van der Waals surface area contributed by atoms with Crippen LogP contribution in [0, 0.1) is 0 Å². The lowest BCUT2D eigenvalue weighted by Crippen LogP contribution is -2.43.